The first-order valence-electron chi connectivity index (χ1n) is 4.30. The Bertz CT molecular complexity index is 665. The number of aromatic amines is 1. The maximum Gasteiger partial charge on any atom is 0.143 e. The summed E-state index contributed by atoms with van der Waals surface area (Å²) in [5, 5.41) is 7.93. The highest BCUT2D eigenvalue weighted by Crippen LogP contribution is 2.18. The third kappa shape index (κ3) is 0.914. The van der Waals surface area contributed by atoms with Gasteiger partial charge in [0.15, 0.2) is 0 Å². The number of hydrogen-bond donors (Lipinski definition) is 1. The molecule has 0 aliphatic carbocycles. The van der Waals surface area contributed by atoms with Crippen LogP contribution in [0, 0.1) is 4.64 Å². The van der Waals surface area contributed by atoms with Crippen molar-refractivity contribution < 1.29 is 0 Å². The van der Waals surface area contributed by atoms with Gasteiger partial charge < -0.3 is 0 Å². The third-order valence-electron chi connectivity index (χ3n) is 2.32. The Morgan fingerprint density at radius 3 is 3.00 bits per heavy atom. The quantitative estimate of drug-likeness (QED) is 0.567. The number of nitrogens with zero attached hydrogens (tertiary/aromatic N) is 2. The second-order valence-electron chi connectivity index (χ2n) is 3.14. The van der Waals surface area contributed by atoms with Crippen LogP contribution < -0.4 is 0 Å². The number of rotatable bonds is 0. The molecule has 0 bridgehead atoms. The molecule has 0 saturated carbocycles. The molecule has 3 rings (SSSR count). The van der Waals surface area contributed by atoms with Crippen LogP contribution >= 0.6 is 12.2 Å². The van der Waals surface area contributed by atoms with Gasteiger partial charge in [0.05, 0.1) is 11.0 Å². The molecule has 3 nitrogen and oxygen atoms in total. The summed E-state index contributed by atoms with van der Waals surface area (Å²) in [5.74, 6) is 0. The lowest BCUT2D eigenvalue weighted by Crippen LogP contribution is -1.89. The molecule has 0 radical (unpaired) electrons. The molecule has 1 aromatic carbocycles. The first kappa shape index (κ1) is 7.70. The minimum atomic E-state index is 0.670. The van der Waals surface area contributed by atoms with Gasteiger partial charge in [0.1, 0.15) is 11.0 Å². The van der Waals surface area contributed by atoms with Crippen LogP contribution in [0.15, 0.2) is 36.7 Å². The number of para-hydroxylation sites is 1. The molecule has 1 N–H and O–H groups in total. The Hall–Kier alpha value is -1.68. The standard InChI is InChI=1S/C10H7N3S/c14-10-9-5-7-3-1-2-4-8(7)13(9)6-11-12-10/h1-6H,(H,12,14). The van der Waals surface area contributed by atoms with E-state index in [0.717, 1.165) is 11.0 Å². The van der Waals surface area contributed by atoms with Crippen LogP contribution in [0.3, 0.4) is 0 Å². The van der Waals surface area contributed by atoms with Gasteiger partial charge in [0, 0.05) is 5.39 Å². The maximum absolute atomic E-state index is 5.16. The summed E-state index contributed by atoms with van der Waals surface area (Å²) in [6, 6.07) is 10.2. The molecule has 14 heavy (non-hydrogen) atoms. The van der Waals surface area contributed by atoms with Crippen LogP contribution in [0.25, 0.3) is 16.4 Å². The lowest BCUT2D eigenvalue weighted by atomic mass is 10.2. The predicted molar refractivity (Wildman–Crippen MR) is 57.9 cm³/mol. The maximum atomic E-state index is 5.16. The lowest BCUT2D eigenvalue weighted by molar-refractivity contribution is 0.951. The van der Waals surface area contributed by atoms with Crippen molar-refractivity contribution in [2.24, 2.45) is 0 Å². The number of H-pyrrole nitrogens is 1. The molecule has 0 saturated heterocycles. The van der Waals surface area contributed by atoms with Gasteiger partial charge in [-0.15, -0.1) is 0 Å². The van der Waals surface area contributed by atoms with Crippen molar-refractivity contribution in [1.82, 2.24) is 14.6 Å². The summed E-state index contributed by atoms with van der Waals surface area (Å²) in [4.78, 5) is 0. The zero-order chi connectivity index (χ0) is 9.54. The summed E-state index contributed by atoms with van der Waals surface area (Å²) in [5.41, 5.74) is 2.13. The third-order valence-corrected chi connectivity index (χ3v) is 2.62. The van der Waals surface area contributed by atoms with Crippen molar-refractivity contribution in [1.29, 1.82) is 0 Å². The highest BCUT2D eigenvalue weighted by molar-refractivity contribution is 7.71. The number of nitrogens with one attached hydrogen (secondary N) is 1. The lowest BCUT2D eigenvalue weighted by Gasteiger charge is -1.94. The molecule has 0 amide bonds. The van der Waals surface area contributed by atoms with E-state index in [0.29, 0.717) is 4.64 Å². The zero-order valence-electron chi connectivity index (χ0n) is 7.27. The first-order chi connectivity index (χ1) is 6.86. The monoisotopic (exact) mass is 201 g/mol. The Morgan fingerprint density at radius 2 is 2.07 bits per heavy atom. The highest BCUT2D eigenvalue weighted by Gasteiger charge is 2.01. The van der Waals surface area contributed by atoms with E-state index < -0.39 is 0 Å². The van der Waals surface area contributed by atoms with Gasteiger partial charge in [-0.3, -0.25) is 9.50 Å². The molecule has 2 aromatic heterocycles. The molecular formula is C10H7N3S. The Morgan fingerprint density at radius 1 is 1.21 bits per heavy atom. The highest BCUT2D eigenvalue weighted by atomic mass is 32.1. The van der Waals surface area contributed by atoms with Gasteiger partial charge in [0.25, 0.3) is 0 Å². The smallest absolute Gasteiger partial charge is 0.143 e. The minimum Gasteiger partial charge on any atom is -0.296 e. The molecule has 0 aliphatic heterocycles. The second-order valence-corrected chi connectivity index (χ2v) is 3.55. The second kappa shape index (κ2) is 2.65. The normalized spacial score (nSPS) is 11.1. The Labute approximate surface area is 85.0 Å². The van der Waals surface area contributed by atoms with Crippen molar-refractivity contribution in [3.05, 3.63) is 41.3 Å². The summed E-state index contributed by atoms with van der Waals surface area (Å²) < 4.78 is 2.66. The minimum absolute atomic E-state index is 0.670. The van der Waals surface area contributed by atoms with Crippen molar-refractivity contribution >= 4 is 28.6 Å². The van der Waals surface area contributed by atoms with Crippen LogP contribution in [-0.4, -0.2) is 14.6 Å². The number of benzene rings is 1. The van der Waals surface area contributed by atoms with Crippen LogP contribution in [0.2, 0.25) is 0 Å². The van der Waals surface area contributed by atoms with E-state index in [1.54, 1.807) is 6.33 Å². The van der Waals surface area contributed by atoms with E-state index in [1.807, 2.05) is 16.5 Å². The average Bonchev–Trinajstić information content (AvgIpc) is 2.59. The first-order valence-corrected chi connectivity index (χ1v) is 4.70. The molecule has 2 heterocycles. The molecule has 0 aliphatic rings. The molecular weight excluding hydrogens is 194 g/mol. The summed E-state index contributed by atoms with van der Waals surface area (Å²) in [7, 11) is 0. The fourth-order valence-electron chi connectivity index (χ4n) is 1.68. The fourth-order valence-corrected chi connectivity index (χ4v) is 1.89. The topological polar surface area (TPSA) is 33.1 Å². The fraction of sp³-hybridized carbons (Fsp3) is 0. The van der Waals surface area contributed by atoms with Gasteiger partial charge in [-0.1, -0.05) is 30.4 Å². The average molecular weight is 201 g/mol. The van der Waals surface area contributed by atoms with E-state index in [4.69, 9.17) is 12.2 Å². The van der Waals surface area contributed by atoms with E-state index in [2.05, 4.69) is 28.4 Å². The van der Waals surface area contributed by atoms with Gasteiger partial charge in [-0.05, 0) is 12.1 Å². The largest absolute Gasteiger partial charge is 0.296 e. The van der Waals surface area contributed by atoms with Crippen molar-refractivity contribution in [3.8, 4) is 0 Å². The molecule has 0 spiro atoms. The summed E-state index contributed by atoms with van der Waals surface area (Å²) in [6.45, 7) is 0. The Kier molecular flexibility index (Phi) is 1.46. The molecule has 0 unspecified atom stereocenters. The summed E-state index contributed by atoms with van der Waals surface area (Å²) in [6.07, 6.45) is 1.74. The van der Waals surface area contributed by atoms with E-state index >= 15 is 0 Å². The number of hydrogen-bond acceptors (Lipinski definition) is 2. The molecule has 0 fully saturated rings. The zero-order valence-corrected chi connectivity index (χ0v) is 8.08. The Balaban J connectivity index is 2.70. The van der Waals surface area contributed by atoms with Gasteiger partial charge in [-0.25, -0.2) is 0 Å². The molecule has 3 aromatic rings. The predicted octanol–water partition coefficient (Wildman–Crippen LogP) is 2.55. The molecule has 68 valence electrons. The van der Waals surface area contributed by atoms with E-state index in [-0.39, 0.29) is 0 Å². The number of fused-ring (bicyclic) bond motifs is 3. The van der Waals surface area contributed by atoms with Crippen LogP contribution in [0.5, 0.6) is 0 Å². The van der Waals surface area contributed by atoms with E-state index in [1.165, 1.54) is 5.39 Å². The molecule has 4 heteroatoms. The van der Waals surface area contributed by atoms with Gasteiger partial charge in [-0.2, -0.15) is 5.10 Å². The van der Waals surface area contributed by atoms with Crippen LogP contribution in [0.1, 0.15) is 0 Å². The van der Waals surface area contributed by atoms with Gasteiger partial charge >= 0.3 is 0 Å². The summed E-state index contributed by atoms with van der Waals surface area (Å²) >= 11 is 5.16. The van der Waals surface area contributed by atoms with Gasteiger partial charge in [0.2, 0.25) is 0 Å². The van der Waals surface area contributed by atoms with Crippen molar-refractivity contribution in [3.63, 3.8) is 0 Å². The van der Waals surface area contributed by atoms with Crippen molar-refractivity contribution in [2.75, 3.05) is 0 Å². The van der Waals surface area contributed by atoms with E-state index in [9.17, 15) is 0 Å². The SMILES string of the molecule is S=c1[nH]ncn2c1cc1ccccc12. The van der Waals surface area contributed by atoms with Crippen LogP contribution in [-0.2, 0) is 0 Å². The molecule has 0 atom stereocenters. The van der Waals surface area contributed by atoms with Crippen molar-refractivity contribution in [2.45, 2.75) is 0 Å². The van der Waals surface area contributed by atoms with Crippen LogP contribution in [0.4, 0.5) is 0 Å². The number of aromatic nitrogens is 3.